The van der Waals surface area contributed by atoms with Gasteiger partial charge in [0.15, 0.2) is 0 Å². The van der Waals surface area contributed by atoms with Gasteiger partial charge in [-0.15, -0.1) is 0 Å². The molecule has 2 heterocycles. The van der Waals surface area contributed by atoms with Crippen molar-refractivity contribution < 1.29 is 9.90 Å². The van der Waals surface area contributed by atoms with Crippen LogP contribution in [0, 0.1) is 10.5 Å². The van der Waals surface area contributed by atoms with Crippen LogP contribution in [0.2, 0.25) is 0 Å². The number of nitrogens with zero attached hydrogens (tertiary/aromatic N) is 2. The lowest BCUT2D eigenvalue weighted by Crippen LogP contribution is -2.05. The van der Waals surface area contributed by atoms with Gasteiger partial charge in [0, 0.05) is 16.0 Å². The quantitative estimate of drug-likeness (QED) is 0.862. The Bertz CT molecular complexity index is 549. The molecule has 0 spiro atoms. The van der Waals surface area contributed by atoms with Crippen molar-refractivity contribution in [2.24, 2.45) is 0 Å². The zero-order valence-electron chi connectivity index (χ0n) is 8.51. The van der Waals surface area contributed by atoms with E-state index in [0.29, 0.717) is 0 Å². The molecule has 0 unspecified atom stereocenters. The number of aromatic nitrogens is 2. The Morgan fingerprint density at radius 3 is 2.81 bits per heavy atom. The van der Waals surface area contributed by atoms with Gasteiger partial charge < -0.3 is 9.67 Å². The number of carbonyl (C=O) groups is 1. The van der Waals surface area contributed by atoms with Crippen LogP contribution >= 0.6 is 22.6 Å². The molecule has 4 nitrogen and oxygen atoms in total. The van der Waals surface area contributed by atoms with E-state index in [2.05, 4.69) is 27.6 Å². The van der Waals surface area contributed by atoms with E-state index in [-0.39, 0.29) is 5.69 Å². The Balaban J connectivity index is 2.59. The lowest BCUT2D eigenvalue weighted by Gasteiger charge is -2.05. The number of halogens is 1. The van der Waals surface area contributed by atoms with Gasteiger partial charge in [-0.2, -0.15) is 0 Å². The minimum absolute atomic E-state index is 0.247. The largest absolute Gasteiger partial charge is 0.477 e. The summed E-state index contributed by atoms with van der Waals surface area (Å²) >= 11 is 2.09. The fraction of sp³-hybridized carbons (Fsp3) is 0.0909. The van der Waals surface area contributed by atoms with E-state index in [1.54, 1.807) is 29.2 Å². The maximum absolute atomic E-state index is 11.0. The molecule has 0 aliphatic rings. The van der Waals surface area contributed by atoms with Crippen LogP contribution in [0.15, 0.2) is 30.7 Å². The van der Waals surface area contributed by atoms with E-state index in [1.165, 1.54) is 0 Å². The van der Waals surface area contributed by atoms with Gasteiger partial charge in [0.25, 0.3) is 0 Å². The van der Waals surface area contributed by atoms with Crippen LogP contribution in [-0.2, 0) is 0 Å². The summed E-state index contributed by atoms with van der Waals surface area (Å²) in [5, 5.41) is 9.07. The van der Waals surface area contributed by atoms with E-state index < -0.39 is 5.97 Å². The molecule has 0 bridgehead atoms. The maximum Gasteiger partial charge on any atom is 0.352 e. The van der Waals surface area contributed by atoms with Gasteiger partial charge >= 0.3 is 5.97 Å². The van der Waals surface area contributed by atoms with Crippen molar-refractivity contribution in [1.82, 2.24) is 9.55 Å². The molecule has 0 saturated heterocycles. The van der Waals surface area contributed by atoms with E-state index in [4.69, 9.17) is 5.11 Å². The summed E-state index contributed by atoms with van der Waals surface area (Å²) in [5.74, 6) is -0.940. The number of aromatic carboxylic acids is 1. The first-order valence-electron chi connectivity index (χ1n) is 4.61. The number of carboxylic acid groups (broad SMARTS) is 1. The summed E-state index contributed by atoms with van der Waals surface area (Å²) in [6.45, 7) is 1.92. The Morgan fingerprint density at radius 2 is 2.19 bits per heavy atom. The van der Waals surface area contributed by atoms with Gasteiger partial charge in [-0.25, -0.2) is 4.79 Å². The van der Waals surface area contributed by atoms with Crippen LogP contribution in [0.1, 0.15) is 16.1 Å². The van der Waals surface area contributed by atoms with Crippen LogP contribution in [0.5, 0.6) is 0 Å². The van der Waals surface area contributed by atoms with Crippen LogP contribution < -0.4 is 0 Å². The van der Waals surface area contributed by atoms with Gasteiger partial charge in [-0.1, -0.05) is 0 Å². The molecule has 0 atom stereocenters. The van der Waals surface area contributed by atoms with Crippen LogP contribution in [0.4, 0.5) is 0 Å². The van der Waals surface area contributed by atoms with Gasteiger partial charge in [0.2, 0.25) is 0 Å². The second-order valence-electron chi connectivity index (χ2n) is 3.44. The van der Waals surface area contributed by atoms with Crippen molar-refractivity contribution in [3.8, 4) is 5.69 Å². The minimum atomic E-state index is -0.940. The first-order valence-corrected chi connectivity index (χ1v) is 5.69. The Hall–Kier alpha value is -1.37. The normalized spacial score (nSPS) is 10.4. The molecule has 0 amide bonds. The van der Waals surface area contributed by atoms with Crippen molar-refractivity contribution in [2.75, 3.05) is 0 Å². The molecule has 5 heteroatoms. The van der Waals surface area contributed by atoms with Crippen molar-refractivity contribution in [3.05, 3.63) is 45.6 Å². The number of aryl methyl sites for hydroxylation is 1. The van der Waals surface area contributed by atoms with E-state index >= 15 is 0 Å². The number of hydrogen-bond donors (Lipinski definition) is 1. The van der Waals surface area contributed by atoms with Gasteiger partial charge in [-0.05, 0) is 47.2 Å². The Morgan fingerprint density at radius 1 is 1.44 bits per heavy atom. The molecule has 82 valence electrons. The molecule has 2 aromatic heterocycles. The predicted molar refractivity (Wildman–Crippen MR) is 68.0 cm³/mol. The van der Waals surface area contributed by atoms with Gasteiger partial charge in [-0.3, -0.25) is 4.98 Å². The molecule has 0 fully saturated rings. The highest BCUT2D eigenvalue weighted by atomic mass is 127. The molecule has 16 heavy (non-hydrogen) atoms. The van der Waals surface area contributed by atoms with Crippen LogP contribution in [-0.4, -0.2) is 20.6 Å². The molecule has 2 rings (SSSR count). The van der Waals surface area contributed by atoms with Gasteiger partial charge in [0.05, 0.1) is 11.9 Å². The first-order chi connectivity index (χ1) is 7.58. The molecule has 0 saturated carbocycles. The molecule has 1 N–H and O–H groups in total. The molecular weight excluding hydrogens is 319 g/mol. The lowest BCUT2D eigenvalue weighted by atomic mass is 10.3. The second-order valence-corrected chi connectivity index (χ2v) is 4.68. The summed E-state index contributed by atoms with van der Waals surface area (Å²) in [6, 6.07) is 3.53. The number of hydrogen-bond acceptors (Lipinski definition) is 2. The highest BCUT2D eigenvalue weighted by Gasteiger charge is 2.12. The average Bonchev–Trinajstić information content (AvgIpc) is 2.60. The van der Waals surface area contributed by atoms with Crippen molar-refractivity contribution >= 4 is 28.6 Å². The molecule has 0 aromatic carbocycles. The molecular formula is C11H9IN2O2. The fourth-order valence-electron chi connectivity index (χ4n) is 1.48. The van der Waals surface area contributed by atoms with Crippen molar-refractivity contribution in [3.63, 3.8) is 0 Å². The Kier molecular flexibility index (Phi) is 2.95. The van der Waals surface area contributed by atoms with Crippen molar-refractivity contribution in [1.29, 1.82) is 0 Å². The van der Waals surface area contributed by atoms with E-state index in [1.807, 2.05) is 13.0 Å². The van der Waals surface area contributed by atoms with E-state index in [9.17, 15) is 4.79 Å². The highest BCUT2D eigenvalue weighted by Crippen LogP contribution is 2.17. The predicted octanol–water partition coefficient (Wildman–Crippen LogP) is 2.48. The molecule has 2 aromatic rings. The summed E-state index contributed by atoms with van der Waals surface area (Å²) in [6.07, 6.45) is 5.16. The molecule has 0 radical (unpaired) electrons. The second kappa shape index (κ2) is 4.25. The monoisotopic (exact) mass is 328 g/mol. The highest BCUT2D eigenvalue weighted by molar-refractivity contribution is 14.1. The van der Waals surface area contributed by atoms with Crippen LogP contribution in [0.25, 0.3) is 5.69 Å². The summed E-state index contributed by atoms with van der Waals surface area (Å²) in [4.78, 5) is 15.1. The molecule has 0 aliphatic heterocycles. The smallest absolute Gasteiger partial charge is 0.352 e. The third kappa shape index (κ3) is 2.08. The van der Waals surface area contributed by atoms with Crippen molar-refractivity contribution in [2.45, 2.75) is 6.92 Å². The first kappa shape index (κ1) is 11.1. The number of rotatable bonds is 2. The van der Waals surface area contributed by atoms with E-state index in [0.717, 1.165) is 14.8 Å². The number of pyridine rings is 1. The maximum atomic E-state index is 11.0. The topological polar surface area (TPSA) is 55.1 Å². The Labute approximate surface area is 106 Å². The summed E-state index contributed by atoms with van der Waals surface area (Å²) in [5.41, 5.74) is 2.01. The third-order valence-electron chi connectivity index (χ3n) is 2.14. The zero-order valence-corrected chi connectivity index (χ0v) is 10.7. The SMILES string of the molecule is Cc1cncc(-n2cc(I)cc2C(=O)O)c1. The number of carboxylic acids is 1. The van der Waals surface area contributed by atoms with Gasteiger partial charge in [0.1, 0.15) is 5.69 Å². The zero-order chi connectivity index (χ0) is 11.7. The molecule has 0 aliphatic carbocycles. The standard InChI is InChI=1S/C11H9IN2O2/c1-7-2-9(5-13-4-7)14-6-8(12)3-10(14)11(15)16/h2-6H,1H3,(H,15,16). The average molecular weight is 328 g/mol. The summed E-state index contributed by atoms with van der Waals surface area (Å²) in [7, 11) is 0. The third-order valence-corrected chi connectivity index (χ3v) is 2.73. The lowest BCUT2D eigenvalue weighted by molar-refractivity contribution is 0.0688. The van der Waals surface area contributed by atoms with Crippen LogP contribution in [0.3, 0.4) is 0 Å². The fourth-order valence-corrected chi connectivity index (χ4v) is 2.05. The minimum Gasteiger partial charge on any atom is -0.477 e. The summed E-state index contributed by atoms with van der Waals surface area (Å²) < 4.78 is 2.51.